The number of carbonyl (C=O) groups excluding carboxylic acids is 1. The van der Waals surface area contributed by atoms with Crippen LogP contribution in [0.15, 0.2) is 71.6 Å². The van der Waals surface area contributed by atoms with Crippen LogP contribution in [0, 0.1) is 13.8 Å². The molecule has 0 fully saturated rings. The zero-order valence-corrected chi connectivity index (χ0v) is 19.1. The first kappa shape index (κ1) is 22.4. The van der Waals surface area contributed by atoms with E-state index in [1.165, 1.54) is 18.2 Å². The zero-order valence-electron chi connectivity index (χ0n) is 18.3. The van der Waals surface area contributed by atoms with Crippen molar-refractivity contribution in [1.82, 2.24) is 0 Å². The lowest BCUT2D eigenvalue weighted by Gasteiger charge is -2.18. The molecule has 8 heteroatoms. The van der Waals surface area contributed by atoms with Crippen LogP contribution < -0.4 is 19.5 Å². The van der Waals surface area contributed by atoms with E-state index in [0.29, 0.717) is 36.1 Å². The molecule has 4 rings (SSSR count). The maximum absolute atomic E-state index is 12.8. The van der Waals surface area contributed by atoms with E-state index in [2.05, 4.69) is 10.0 Å². The normalized spacial score (nSPS) is 13.0. The van der Waals surface area contributed by atoms with Crippen molar-refractivity contribution in [1.29, 1.82) is 0 Å². The molecule has 0 saturated carbocycles. The molecule has 1 amide bonds. The number of amides is 1. The Morgan fingerprint density at radius 2 is 1.58 bits per heavy atom. The summed E-state index contributed by atoms with van der Waals surface area (Å²) in [6, 6.07) is 17.0. The number of rotatable bonds is 6. The van der Waals surface area contributed by atoms with Gasteiger partial charge in [-0.1, -0.05) is 24.3 Å². The molecule has 0 spiro atoms. The molecule has 0 saturated heterocycles. The Labute approximate surface area is 193 Å². The zero-order chi connectivity index (χ0) is 23.4. The molecule has 0 atom stereocenters. The fraction of sp³-hybridized carbons (Fsp3) is 0.160. The number of benzene rings is 3. The van der Waals surface area contributed by atoms with Crippen molar-refractivity contribution >= 4 is 33.4 Å². The second kappa shape index (κ2) is 9.38. The van der Waals surface area contributed by atoms with Crippen LogP contribution >= 0.6 is 0 Å². The topological polar surface area (TPSA) is 93.7 Å². The van der Waals surface area contributed by atoms with Gasteiger partial charge in [-0.25, -0.2) is 8.42 Å². The summed E-state index contributed by atoms with van der Waals surface area (Å²) >= 11 is 0. The summed E-state index contributed by atoms with van der Waals surface area (Å²) in [4.78, 5) is 12.4. The molecular weight excluding hydrogens is 440 g/mol. The van der Waals surface area contributed by atoms with E-state index < -0.39 is 10.0 Å². The summed E-state index contributed by atoms with van der Waals surface area (Å²) in [5, 5.41) is 2.72. The highest BCUT2D eigenvalue weighted by molar-refractivity contribution is 7.92. The Morgan fingerprint density at radius 1 is 0.909 bits per heavy atom. The van der Waals surface area contributed by atoms with E-state index >= 15 is 0 Å². The molecule has 1 aliphatic heterocycles. The molecule has 1 aliphatic rings. The van der Waals surface area contributed by atoms with Gasteiger partial charge in [0.1, 0.15) is 13.2 Å². The molecular formula is C25H24N2O5S. The lowest BCUT2D eigenvalue weighted by atomic mass is 10.1. The highest BCUT2D eigenvalue weighted by Crippen LogP contribution is 2.31. The van der Waals surface area contributed by atoms with E-state index in [4.69, 9.17) is 9.47 Å². The van der Waals surface area contributed by atoms with Gasteiger partial charge in [-0.15, -0.1) is 0 Å². The quantitative estimate of drug-likeness (QED) is 0.523. The standard InChI is InChI=1S/C25H24N2O5S/c1-17-4-3-5-18(2)25(17)27-33(29,30)21-10-8-20(9-11-21)26-24(28)13-7-19-6-12-22-23(16-19)32-15-14-31-22/h3-13,16,27H,14-15H2,1-2H3,(H,26,28)/b13-7+. The molecule has 0 unspecified atom stereocenters. The van der Waals surface area contributed by atoms with E-state index in [9.17, 15) is 13.2 Å². The SMILES string of the molecule is Cc1cccc(C)c1NS(=O)(=O)c1ccc(NC(=O)/C=C/c2ccc3c(c2)OCCO3)cc1. The van der Waals surface area contributed by atoms with Gasteiger partial charge in [0, 0.05) is 11.8 Å². The second-order valence-electron chi connectivity index (χ2n) is 7.62. The summed E-state index contributed by atoms with van der Waals surface area (Å²) in [7, 11) is -3.76. The Balaban J connectivity index is 1.41. The van der Waals surface area contributed by atoms with Gasteiger partial charge in [0.05, 0.1) is 10.6 Å². The number of nitrogens with one attached hydrogen (secondary N) is 2. The van der Waals surface area contributed by atoms with Crippen LogP contribution in [0.2, 0.25) is 0 Å². The van der Waals surface area contributed by atoms with Crippen LogP contribution in [-0.2, 0) is 14.8 Å². The Hall–Kier alpha value is -3.78. The summed E-state index contributed by atoms with van der Waals surface area (Å²) in [6.07, 6.45) is 3.07. The van der Waals surface area contributed by atoms with Crippen molar-refractivity contribution in [2.45, 2.75) is 18.7 Å². The van der Waals surface area contributed by atoms with Crippen molar-refractivity contribution in [3.05, 3.63) is 83.4 Å². The third-order valence-corrected chi connectivity index (χ3v) is 6.51. The highest BCUT2D eigenvalue weighted by atomic mass is 32.2. The fourth-order valence-corrected chi connectivity index (χ4v) is 4.61. The molecule has 33 heavy (non-hydrogen) atoms. The van der Waals surface area contributed by atoms with Gasteiger partial charge in [0.15, 0.2) is 11.5 Å². The predicted molar refractivity (Wildman–Crippen MR) is 128 cm³/mol. The maximum Gasteiger partial charge on any atom is 0.261 e. The Kier molecular flexibility index (Phi) is 6.37. The molecule has 3 aromatic carbocycles. The fourth-order valence-electron chi connectivity index (χ4n) is 3.41. The lowest BCUT2D eigenvalue weighted by molar-refractivity contribution is -0.111. The van der Waals surface area contributed by atoms with Crippen LogP contribution in [-0.4, -0.2) is 27.5 Å². The maximum atomic E-state index is 12.8. The molecule has 7 nitrogen and oxygen atoms in total. The number of hydrogen-bond acceptors (Lipinski definition) is 5. The lowest BCUT2D eigenvalue weighted by Crippen LogP contribution is -2.15. The minimum absolute atomic E-state index is 0.106. The van der Waals surface area contributed by atoms with Gasteiger partial charge in [0.25, 0.3) is 10.0 Å². The predicted octanol–water partition coefficient (Wildman–Crippen LogP) is 4.53. The monoisotopic (exact) mass is 464 g/mol. The van der Waals surface area contributed by atoms with Gasteiger partial charge >= 0.3 is 0 Å². The Morgan fingerprint density at radius 3 is 2.27 bits per heavy atom. The third-order valence-electron chi connectivity index (χ3n) is 5.14. The highest BCUT2D eigenvalue weighted by Gasteiger charge is 2.16. The van der Waals surface area contributed by atoms with Crippen LogP contribution in [0.4, 0.5) is 11.4 Å². The van der Waals surface area contributed by atoms with Gasteiger partial charge in [-0.05, 0) is 73.0 Å². The van der Waals surface area contributed by atoms with E-state index in [0.717, 1.165) is 16.7 Å². The number of para-hydroxylation sites is 1. The average molecular weight is 465 g/mol. The number of fused-ring (bicyclic) bond motifs is 1. The van der Waals surface area contributed by atoms with Crippen LogP contribution in [0.5, 0.6) is 11.5 Å². The van der Waals surface area contributed by atoms with Crippen molar-refractivity contribution in [3.63, 3.8) is 0 Å². The van der Waals surface area contributed by atoms with E-state index in [-0.39, 0.29) is 10.8 Å². The van der Waals surface area contributed by atoms with Gasteiger partial charge < -0.3 is 14.8 Å². The number of anilines is 2. The first-order valence-electron chi connectivity index (χ1n) is 10.4. The summed E-state index contributed by atoms with van der Waals surface area (Å²) in [5.41, 5.74) is 3.53. The molecule has 1 heterocycles. The van der Waals surface area contributed by atoms with Crippen molar-refractivity contribution < 1.29 is 22.7 Å². The minimum Gasteiger partial charge on any atom is -0.486 e. The number of carbonyl (C=O) groups is 1. The average Bonchev–Trinajstić information content (AvgIpc) is 2.80. The summed E-state index contributed by atoms with van der Waals surface area (Å²) in [6.45, 7) is 4.71. The molecule has 170 valence electrons. The van der Waals surface area contributed by atoms with Gasteiger partial charge in [-0.3, -0.25) is 9.52 Å². The minimum atomic E-state index is -3.76. The number of sulfonamides is 1. The first-order chi connectivity index (χ1) is 15.8. The molecule has 0 bridgehead atoms. The molecule has 3 aromatic rings. The van der Waals surface area contributed by atoms with Crippen molar-refractivity contribution in [2.75, 3.05) is 23.3 Å². The van der Waals surface area contributed by atoms with E-state index in [1.54, 1.807) is 30.3 Å². The number of hydrogen-bond donors (Lipinski definition) is 2. The van der Waals surface area contributed by atoms with E-state index in [1.807, 2.05) is 38.1 Å². The largest absolute Gasteiger partial charge is 0.486 e. The molecule has 2 N–H and O–H groups in total. The third kappa shape index (κ3) is 5.35. The number of ether oxygens (including phenoxy) is 2. The van der Waals surface area contributed by atoms with Gasteiger partial charge in [-0.2, -0.15) is 0 Å². The van der Waals surface area contributed by atoms with Crippen molar-refractivity contribution in [2.24, 2.45) is 0 Å². The second-order valence-corrected chi connectivity index (χ2v) is 9.30. The molecule has 0 aliphatic carbocycles. The summed E-state index contributed by atoms with van der Waals surface area (Å²) in [5.74, 6) is 0.995. The van der Waals surface area contributed by atoms with Crippen LogP contribution in [0.3, 0.4) is 0 Å². The van der Waals surface area contributed by atoms with Gasteiger partial charge in [0.2, 0.25) is 5.91 Å². The van der Waals surface area contributed by atoms with Crippen molar-refractivity contribution in [3.8, 4) is 11.5 Å². The summed E-state index contributed by atoms with van der Waals surface area (Å²) < 4.78 is 39.2. The first-order valence-corrected chi connectivity index (χ1v) is 11.9. The molecule has 0 aromatic heterocycles. The number of aryl methyl sites for hydroxylation is 2. The van der Waals surface area contributed by atoms with Crippen LogP contribution in [0.25, 0.3) is 6.08 Å². The Bertz CT molecular complexity index is 1290. The molecule has 0 radical (unpaired) electrons. The smallest absolute Gasteiger partial charge is 0.261 e. The van der Waals surface area contributed by atoms with Crippen LogP contribution in [0.1, 0.15) is 16.7 Å².